The van der Waals surface area contributed by atoms with Crippen molar-refractivity contribution in [1.29, 1.82) is 0 Å². The summed E-state index contributed by atoms with van der Waals surface area (Å²) in [5, 5.41) is 1.89. The van der Waals surface area contributed by atoms with Crippen molar-refractivity contribution >= 4 is 51.7 Å². The Balaban J connectivity index is 1.82. The lowest BCUT2D eigenvalue weighted by atomic mass is 10.2. The number of nitrogens with zero attached hydrogens (tertiary/aromatic N) is 1. The van der Waals surface area contributed by atoms with E-state index in [4.69, 9.17) is 44.3 Å². The van der Waals surface area contributed by atoms with Gasteiger partial charge in [0.25, 0.3) is 0 Å². The van der Waals surface area contributed by atoms with Crippen LogP contribution in [0.2, 0.25) is 15.1 Å². The number of benzene rings is 2. The first kappa shape index (κ1) is 18.8. The average molecular weight is 411 g/mol. The molecule has 0 unspecified atom stereocenters. The molecule has 2 aromatic carbocycles. The Labute approximate surface area is 165 Å². The first-order valence-electron chi connectivity index (χ1n) is 7.70. The normalized spacial score (nSPS) is 10.8. The number of aryl methyl sites for hydroxylation is 2. The number of carbonyl (C=O) groups excluding carboxylic acids is 1. The summed E-state index contributed by atoms with van der Waals surface area (Å²) in [6.07, 6.45) is 0. The SMILES string of the molecule is Cc1ccc2c(Cl)cc(Cl)c(OC(=O)COc3ccc(Cl)cc3C)c2n1. The van der Waals surface area contributed by atoms with Crippen LogP contribution in [0.25, 0.3) is 10.9 Å². The number of rotatable bonds is 4. The van der Waals surface area contributed by atoms with E-state index in [1.807, 2.05) is 19.9 Å². The Kier molecular flexibility index (Phi) is 5.56. The molecule has 0 N–H and O–H groups in total. The summed E-state index contributed by atoms with van der Waals surface area (Å²) in [6.45, 7) is 3.38. The van der Waals surface area contributed by atoms with Crippen LogP contribution in [0.4, 0.5) is 0 Å². The van der Waals surface area contributed by atoms with Crippen LogP contribution in [-0.4, -0.2) is 17.6 Å². The van der Waals surface area contributed by atoms with Gasteiger partial charge in [-0.25, -0.2) is 9.78 Å². The summed E-state index contributed by atoms with van der Waals surface area (Å²) in [4.78, 5) is 16.6. The largest absolute Gasteiger partial charge is 0.482 e. The molecule has 0 atom stereocenters. The van der Waals surface area contributed by atoms with Crippen LogP contribution < -0.4 is 9.47 Å². The predicted octanol–water partition coefficient (Wildman–Crippen LogP) is 5.80. The highest BCUT2D eigenvalue weighted by atomic mass is 35.5. The minimum atomic E-state index is -0.604. The number of hydrogen-bond acceptors (Lipinski definition) is 4. The molecule has 4 nitrogen and oxygen atoms in total. The molecule has 26 heavy (non-hydrogen) atoms. The number of carbonyl (C=O) groups is 1. The summed E-state index contributed by atoms with van der Waals surface area (Å²) < 4.78 is 10.9. The van der Waals surface area contributed by atoms with E-state index in [2.05, 4.69) is 4.98 Å². The highest BCUT2D eigenvalue weighted by molar-refractivity contribution is 6.39. The van der Waals surface area contributed by atoms with Gasteiger partial charge in [-0.15, -0.1) is 0 Å². The molecule has 3 rings (SSSR count). The van der Waals surface area contributed by atoms with Gasteiger partial charge in [0.15, 0.2) is 12.4 Å². The van der Waals surface area contributed by atoms with E-state index in [0.717, 1.165) is 11.3 Å². The summed E-state index contributed by atoms with van der Waals surface area (Å²) in [5.41, 5.74) is 2.00. The zero-order valence-corrected chi connectivity index (χ0v) is 16.2. The molecule has 0 spiro atoms. The topological polar surface area (TPSA) is 48.4 Å². The van der Waals surface area contributed by atoms with E-state index in [0.29, 0.717) is 26.7 Å². The van der Waals surface area contributed by atoms with Crippen molar-refractivity contribution in [3.63, 3.8) is 0 Å². The molecule has 0 saturated carbocycles. The van der Waals surface area contributed by atoms with Crippen molar-refractivity contribution in [1.82, 2.24) is 4.98 Å². The van der Waals surface area contributed by atoms with E-state index < -0.39 is 5.97 Å². The van der Waals surface area contributed by atoms with Crippen LogP contribution in [-0.2, 0) is 4.79 Å². The fourth-order valence-electron chi connectivity index (χ4n) is 2.44. The van der Waals surface area contributed by atoms with Crippen molar-refractivity contribution in [3.05, 3.63) is 62.7 Å². The third-order valence-corrected chi connectivity index (χ3v) is 4.50. The molecular weight excluding hydrogens is 397 g/mol. The minimum absolute atomic E-state index is 0.163. The van der Waals surface area contributed by atoms with Crippen molar-refractivity contribution < 1.29 is 14.3 Å². The lowest BCUT2D eigenvalue weighted by molar-refractivity contribution is -0.136. The summed E-state index contributed by atoms with van der Waals surface area (Å²) in [5.74, 6) is 0.108. The Hall–Kier alpha value is -2.01. The van der Waals surface area contributed by atoms with Crippen LogP contribution >= 0.6 is 34.8 Å². The van der Waals surface area contributed by atoms with Gasteiger partial charge in [0, 0.05) is 16.1 Å². The van der Waals surface area contributed by atoms with E-state index in [1.165, 1.54) is 6.07 Å². The maximum absolute atomic E-state index is 12.2. The number of pyridine rings is 1. The molecule has 0 aliphatic heterocycles. The predicted molar refractivity (Wildman–Crippen MR) is 104 cm³/mol. The fraction of sp³-hybridized carbons (Fsp3) is 0.158. The van der Waals surface area contributed by atoms with Gasteiger partial charge in [0.2, 0.25) is 0 Å². The van der Waals surface area contributed by atoms with Crippen LogP contribution in [0.1, 0.15) is 11.3 Å². The molecule has 0 bridgehead atoms. The molecule has 0 saturated heterocycles. The van der Waals surface area contributed by atoms with Crippen molar-refractivity contribution in [3.8, 4) is 11.5 Å². The standard InChI is InChI=1S/C19H14Cl3NO3/c1-10-7-12(20)4-6-16(10)25-9-17(24)26-19-15(22)8-14(21)13-5-3-11(2)23-18(13)19/h3-8H,9H2,1-2H3. The average Bonchev–Trinajstić information content (AvgIpc) is 2.57. The van der Waals surface area contributed by atoms with Gasteiger partial charge < -0.3 is 9.47 Å². The van der Waals surface area contributed by atoms with Crippen LogP contribution in [0.15, 0.2) is 36.4 Å². The third-order valence-electron chi connectivity index (χ3n) is 3.68. The Morgan fingerprint density at radius 3 is 2.54 bits per heavy atom. The lowest BCUT2D eigenvalue weighted by Gasteiger charge is -2.12. The molecule has 3 aromatic rings. The van der Waals surface area contributed by atoms with Gasteiger partial charge in [-0.2, -0.15) is 0 Å². The van der Waals surface area contributed by atoms with E-state index in [-0.39, 0.29) is 17.4 Å². The van der Waals surface area contributed by atoms with Gasteiger partial charge in [-0.05, 0) is 55.8 Å². The zero-order valence-electron chi connectivity index (χ0n) is 14.0. The Morgan fingerprint density at radius 1 is 1.04 bits per heavy atom. The monoisotopic (exact) mass is 409 g/mol. The molecule has 0 amide bonds. The number of esters is 1. The molecular formula is C19H14Cl3NO3. The van der Waals surface area contributed by atoms with E-state index in [1.54, 1.807) is 24.3 Å². The number of hydrogen-bond donors (Lipinski definition) is 0. The van der Waals surface area contributed by atoms with E-state index >= 15 is 0 Å². The highest BCUT2D eigenvalue weighted by Gasteiger charge is 2.17. The van der Waals surface area contributed by atoms with Crippen molar-refractivity contribution in [2.45, 2.75) is 13.8 Å². The molecule has 1 heterocycles. The van der Waals surface area contributed by atoms with E-state index in [9.17, 15) is 4.79 Å². The van der Waals surface area contributed by atoms with Gasteiger partial charge in [0.1, 0.15) is 11.3 Å². The second kappa shape index (κ2) is 7.70. The van der Waals surface area contributed by atoms with Crippen molar-refractivity contribution in [2.75, 3.05) is 6.61 Å². The number of ether oxygens (including phenoxy) is 2. The molecule has 0 aliphatic rings. The quantitative estimate of drug-likeness (QED) is 0.403. The van der Waals surface area contributed by atoms with Gasteiger partial charge >= 0.3 is 5.97 Å². The van der Waals surface area contributed by atoms with Crippen LogP contribution in [0, 0.1) is 13.8 Å². The molecule has 7 heteroatoms. The van der Waals surface area contributed by atoms with Gasteiger partial charge in [-0.1, -0.05) is 34.8 Å². The maximum Gasteiger partial charge on any atom is 0.349 e. The second-order valence-electron chi connectivity index (χ2n) is 5.69. The Bertz CT molecular complexity index is 1000. The zero-order chi connectivity index (χ0) is 18.8. The molecule has 134 valence electrons. The van der Waals surface area contributed by atoms with Crippen molar-refractivity contribution in [2.24, 2.45) is 0 Å². The van der Waals surface area contributed by atoms with Gasteiger partial charge in [-0.3, -0.25) is 0 Å². The number of fused-ring (bicyclic) bond motifs is 1. The van der Waals surface area contributed by atoms with Crippen LogP contribution in [0.3, 0.4) is 0 Å². The number of halogens is 3. The first-order chi connectivity index (χ1) is 12.3. The van der Waals surface area contributed by atoms with Gasteiger partial charge in [0.05, 0.1) is 10.0 Å². The molecule has 0 fully saturated rings. The fourth-order valence-corrected chi connectivity index (χ4v) is 3.22. The molecule has 0 radical (unpaired) electrons. The summed E-state index contributed by atoms with van der Waals surface area (Å²) in [6, 6.07) is 10.3. The van der Waals surface area contributed by atoms with Crippen LogP contribution in [0.5, 0.6) is 11.5 Å². The molecule has 1 aromatic heterocycles. The lowest BCUT2D eigenvalue weighted by Crippen LogP contribution is -2.18. The first-order valence-corrected chi connectivity index (χ1v) is 8.83. The summed E-state index contributed by atoms with van der Waals surface area (Å²) in [7, 11) is 0. The smallest absolute Gasteiger partial charge is 0.349 e. The third kappa shape index (κ3) is 4.04. The molecule has 0 aliphatic carbocycles. The Morgan fingerprint density at radius 2 is 1.81 bits per heavy atom. The maximum atomic E-state index is 12.2. The second-order valence-corrected chi connectivity index (χ2v) is 6.94. The highest BCUT2D eigenvalue weighted by Crippen LogP contribution is 2.37. The number of aromatic nitrogens is 1. The summed E-state index contributed by atoms with van der Waals surface area (Å²) >= 11 is 18.3. The minimum Gasteiger partial charge on any atom is -0.482 e.